The Morgan fingerprint density at radius 3 is 2.66 bits per heavy atom. The fourth-order valence-corrected chi connectivity index (χ4v) is 4.03. The Labute approximate surface area is 170 Å². The minimum Gasteiger partial charge on any atom is -0.352 e. The summed E-state index contributed by atoms with van der Waals surface area (Å²) in [6.07, 6.45) is 3.52. The van der Waals surface area contributed by atoms with Crippen LogP contribution in [0.3, 0.4) is 0 Å². The van der Waals surface area contributed by atoms with E-state index in [0.717, 1.165) is 40.7 Å². The number of fused-ring (bicyclic) bond motifs is 1. The number of amides is 1. The van der Waals surface area contributed by atoms with Gasteiger partial charge < -0.3 is 10.2 Å². The molecule has 29 heavy (non-hydrogen) atoms. The van der Waals surface area contributed by atoms with E-state index in [1.54, 1.807) is 12.1 Å². The predicted octanol–water partition coefficient (Wildman–Crippen LogP) is 4.57. The van der Waals surface area contributed by atoms with Crippen molar-refractivity contribution in [3.05, 3.63) is 65.6 Å². The lowest BCUT2D eigenvalue weighted by Crippen LogP contribution is -2.28. The average molecular weight is 391 g/mol. The van der Waals surface area contributed by atoms with Gasteiger partial charge in [-0.05, 0) is 69.6 Å². The van der Waals surface area contributed by atoms with Gasteiger partial charge in [0.05, 0.1) is 11.1 Å². The van der Waals surface area contributed by atoms with Crippen molar-refractivity contribution in [2.75, 3.05) is 26.2 Å². The Balaban J connectivity index is 1.56. The molecule has 2 heterocycles. The van der Waals surface area contributed by atoms with E-state index >= 15 is 0 Å². The summed E-state index contributed by atoms with van der Waals surface area (Å²) in [4.78, 5) is 20.0. The fraction of sp³-hybridized carbons (Fsp3) is 0.333. The fourth-order valence-electron chi connectivity index (χ4n) is 4.03. The molecule has 1 aromatic heterocycles. The molecule has 150 valence electrons. The number of hydrogen-bond acceptors (Lipinski definition) is 3. The molecular weight excluding hydrogens is 365 g/mol. The van der Waals surface area contributed by atoms with Gasteiger partial charge in [-0.1, -0.05) is 30.3 Å². The number of nitrogens with zero attached hydrogens (tertiary/aromatic N) is 2. The Morgan fingerprint density at radius 2 is 1.90 bits per heavy atom. The van der Waals surface area contributed by atoms with Crippen molar-refractivity contribution >= 4 is 16.8 Å². The third kappa shape index (κ3) is 4.46. The SMILES string of the molecule is Cc1cc(C(=O)NCCCN2CCCC2)c2cccc(-c3ccc(F)cc3)c2n1. The van der Waals surface area contributed by atoms with Crippen LogP contribution in [0.4, 0.5) is 4.39 Å². The number of nitrogens with one attached hydrogen (secondary N) is 1. The number of likely N-dealkylation sites (tertiary alicyclic amines) is 1. The second kappa shape index (κ2) is 8.70. The van der Waals surface area contributed by atoms with E-state index in [1.165, 1.54) is 38.1 Å². The molecule has 3 aromatic rings. The first-order valence-electron chi connectivity index (χ1n) is 10.3. The second-order valence-corrected chi connectivity index (χ2v) is 7.68. The normalized spacial score (nSPS) is 14.4. The molecule has 0 radical (unpaired) electrons. The summed E-state index contributed by atoms with van der Waals surface area (Å²) in [5, 5.41) is 3.88. The van der Waals surface area contributed by atoms with Crippen molar-refractivity contribution in [3.63, 3.8) is 0 Å². The van der Waals surface area contributed by atoms with Crippen LogP contribution in [0.15, 0.2) is 48.5 Å². The van der Waals surface area contributed by atoms with Crippen molar-refractivity contribution in [3.8, 4) is 11.1 Å². The maximum atomic E-state index is 13.3. The lowest BCUT2D eigenvalue weighted by atomic mass is 9.98. The first-order chi connectivity index (χ1) is 14.1. The summed E-state index contributed by atoms with van der Waals surface area (Å²) in [6, 6.07) is 14.0. The van der Waals surface area contributed by atoms with Crippen molar-refractivity contribution < 1.29 is 9.18 Å². The number of carbonyl (C=O) groups is 1. The van der Waals surface area contributed by atoms with E-state index in [4.69, 9.17) is 0 Å². The molecule has 0 saturated carbocycles. The summed E-state index contributed by atoms with van der Waals surface area (Å²) in [7, 11) is 0. The van der Waals surface area contributed by atoms with Crippen LogP contribution in [-0.2, 0) is 0 Å². The van der Waals surface area contributed by atoms with E-state index in [1.807, 2.05) is 31.2 Å². The highest BCUT2D eigenvalue weighted by Gasteiger charge is 2.15. The van der Waals surface area contributed by atoms with Crippen molar-refractivity contribution in [2.24, 2.45) is 0 Å². The van der Waals surface area contributed by atoms with Gasteiger partial charge in [0, 0.05) is 23.2 Å². The van der Waals surface area contributed by atoms with E-state index in [-0.39, 0.29) is 11.7 Å². The van der Waals surface area contributed by atoms with Gasteiger partial charge in [0.15, 0.2) is 0 Å². The first kappa shape index (κ1) is 19.5. The van der Waals surface area contributed by atoms with Crippen molar-refractivity contribution in [2.45, 2.75) is 26.2 Å². The Bertz CT molecular complexity index is 1010. The molecule has 0 aliphatic carbocycles. The summed E-state index contributed by atoms with van der Waals surface area (Å²) >= 11 is 0. The quantitative estimate of drug-likeness (QED) is 0.627. The minimum atomic E-state index is -0.271. The number of hydrogen-bond donors (Lipinski definition) is 1. The molecule has 4 nitrogen and oxygen atoms in total. The molecule has 4 rings (SSSR count). The van der Waals surface area contributed by atoms with Gasteiger partial charge in [-0.2, -0.15) is 0 Å². The van der Waals surface area contributed by atoms with Gasteiger partial charge in [-0.15, -0.1) is 0 Å². The smallest absolute Gasteiger partial charge is 0.252 e. The van der Waals surface area contributed by atoms with E-state index in [0.29, 0.717) is 12.1 Å². The van der Waals surface area contributed by atoms with Gasteiger partial charge in [0.1, 0.15) is 5.82 Å². The van der Waals surface area contributed by atoms with Crippen LogP contribution in [0.25, 0.3) is 22.0 Å². The number of para-hydroxylation sites is 1. The topological polar surface area (TPSA) is 45.2 Å². The highest BCUT2D eigenvalue weighted by atomic mass is 19.1. The summed E-state index contributed by atoms with van der Waals surface area (Å²) in [6.45, 7) is 5.94. The molecule has 5 heteroatoms. The molecule has 1 saturated heterocycles. The van der Waals surface area contributed by atoms with Crippen LogP contribution >= 0.6 is 0 Å². The van der Waals surface area contributed by atoms with Gasteiger partial charge in [0.25, 0.3) is 5.91 Å². The number of benzene rings is 2. The number of carbonyl (C=O) groups excluding carboxylic acids is 1. The maximum absolute atomic E-state index is 13.3. The van der Waals surface area contributed by atoms with E-state index in [9.17, 15) is 9.18 Å². The zero-order chi connectivity index (χ0) is 20.2. The Hall–Kier alpha value is -2.79. The predicted molar refractivity (Wildman–Crippen MR) is 114 cm³/mol. The third-order valence-electron chi connectivity index (χ3n) is 5.50. The molecule has 0 unspecified atom stereocenters. The minimum absolute atomic E-state index is 0.0711. The van der Waals surface area contributed by atoms with Gasteiger partial charge in [-0.25, -0.2) is 4.39 Å². The lowest BCUT2D eigenvalue weighted by Gasteiger charge is -2.15. The molecule has 2 aromatic carbocycles. The Kier molecular flexibility index (Phi) is 5.86. The molecule has 1 aliphatic rings. The van der Waals surface area contributed by atoms with Crippen LogP contribution in [0.1, 0.15) is 35.3 Å². The highest BCUT2D eigenvalue weighted by Crippen LogP contribution is 2.29. The third-order valence-corrected chi connectivity index (χ3v) is 5.50. The number of aromatic nitrogens is 1. The molecule has 0 bridgehead atoms. The molecule has 1 N–H and O–H groups in total. The van der Waals surface area contributed by atoms with Crippen LogP contribution in [0.5, 0.6) is 0 Å². The number of halogens is 1. The van der Waals surface area contributed by atoms with Crippen LogP contribution in [0, 0.1) is 12.7 Å². The second-order valence-electron chi connectivity index (χ2n) is 7.68. The number of aryl methyl sites for hydroxylation is 1. The van der Waals surface area contributed by atoms with Gasteiger partial charge >= 0.3 is 0 Å². The summed E-state index contributed by atoms with van der Waals surface area (Å²) in [5.41, 5.74) is 3.97. The zero-order valence-electron chi connectivity index (χ0n) is 16.7. The average Bonchev–Trinajstić information content (AvgIpc) is 3.24. The first-order valence-corrected chi connectivity index (χ1v) is 10.3. The van der Waals surface area contributed by atoms with Crippen molar-refractivity contribution in [1.29, 1.82) is 0 Å². The Morgan fingerprint density at radius 1 is 1.14 bits per heavy atom. The zero-order valence-corrected chi connectivity index (χ0v) is 16.7. The molecule has 0 atom stereocenters. The van der Waals surface area contributed by atoms with Crippen LogP contribution in [0.2, 0.25) is 0 Å². The number of rotatable bonds is 6. The van der Waals surface area contributed by atoms with Crippen molar-refractivity contribution in [1.82, 2.24) is 15.2 Å². The van der Waals surface area contributed by atoms with E-state index < -0.39 is 0 Å². The molecule has 1 aliphatic heterocycles. The highest BCUT2D eigenvalue weighted by molar-refractivity contribution is 6.09. The lowest BCUT2D eigenvalue weighted by molar-refractivity contribution is 0.0953. The molecule has 0 spiro atoms. The summed E-state index contributed by atoms with van der Waals surface area (Å²) < 4.78 is 13.3. The molecule has 1 fully saturated rings. The van der Waals surface area contributed by atoms with Gasteiger partial charge in [-0.3, -0.25) is 9.78 Å². The monoisotopic (exact) mass is 391 g/mol. The largest absolute Gasteiger partial charge is 0.352 e. The number of pyridine rings is 1. The molecule has 1 amide bonds. The standard InChI is InChI=1S/C24H26FN3O/c1-17-16-22(24(29)26-12-5-15-28-13-2-3-14-28)21-7-4-6-20(23(21)27-17)18-8-10-19(25)11-9-18/h4,6-11,16H,2-3,5,12-15H2,1H3,(H,26,29). The van der Waals surface area contributed by atoms with Gasteiger partial charge in [0.2, 0.25) is 0 Å². The summed E-state index contributed by atoms with van der Waals surface area (Å²) in [5.74, 6) is -0.342. The maximum Gasteiger partial charge on any atom is 0.252 e. The van der Waals surface area contributed by atoms with Crippen LogP contribution < -0.4 is 5.32 Å². The molecular formula is C24H26FN3O. The van der Waals surface area contributed by atoms with Crippen LogP contribution in [-0.4, -0.2) is 42.0 Å². The van der Waals surface area contributed by atoms with E-state index in [2.05, 4.69) is 15.2 Å².